The fourth-order valence-corrected chi connectivity index (χ4v) is 11.8. The first-order valence-electron chi connectivity index (χ1n) is 24.5. The molecule has 1 unspecified atom stereocenters. The highest BCUT2D eigenvalue weighted by molar-refractivity contribution is 6.33. The average molecular weight is 859 g/mol. The topological polar surface area (TPSA) is 0 Å². The van der Waals surface area contributed by atoms with E-state index in [0.29, 0.717) is 5.92 Å². The molecular formula is C66H66. The number of benzene rings is 8. The second kappa shape index (κ2) is 14.3. The van der Waals surface area contributed by atoms with Gasteiger partial charge >= 0.3 is 0 Å². The molecule has 3 aliphatic rings. The number of fused-ring (bicyclic) bond motifs is 8. The number of aryl methyl sites for hydroxylation is 2. The minimum absolute atomic E-state index is 0.0314. The first-order valence-corrected chi connectivity index (χ1v) is 24.5. The van der Waals surface area contributed by atoms with Crippen LogP contribution in [-0.4, -0.2) is 0 Å². The lowest BCUT2D eigenvalue weighted by Gasteiger charge is -2.29. The summed E-state index contributed by atoms with van der Waals surface area (Å²) < 4.78 is 0. The molecule has 0 aromatic heterocycles. The zero-order valence-corrected chi connectivity index (χ0v) is 41.9. The average Bonchev–Trinajstić information content (AvgIpc) is 3.75. The summed E-state index contributed by atoms with van der Waals surface area (Å²) in [4.78, 5) is 0. The summed E-state index contributed by atoms with van der Waals surface area (Å²) >= 11 is 0. The van der Waals surface area contributed by atoms with E-state index in [2.05, 4.69) is 224 Å². The van der Waals surface area contributed by atoms with Crippen molar-refractivity contribution >= 4 is 43.5 Å². The Morgan fingerprint density at radius 3 is 1.21 bits per heavy atom. The smallest absolute Gasteiger partial charge is 0.00674 e. The highest BCUT2D eigenvalue weighted by atomic mass is 14.4. The number of hydrogen-bond acceptors (Lipinski definition) is 0. The van der Waals surface area contributed by atoms with Gasteiger partial charge in [0.25, 0.3) is 0 Å². The minimum atomic E-state index is -0.0314. The molecule has 0 nitrogen and oxygen atoms in total. The third-order valence-electron chi connectivity index (χ3n) is 15.5. The van der Waals surface area contributed by atoms with Gasteiger partial charge in [-0.3, -0.25) is 0 Å². The van der Waals surface area contributed by atoms with E-state index in [1.165, 1.54) is 138 Å². The molecule has 0 saturated heterocycles. The van der Waals surface area contributed by atoms with Crippen LogP contribution in [0.4, 0.5) is 0 Å². The van der Waals surface area contributed by atoms with Crippen molar-refractivity contribution in [2.24, 2.45) is 0 Å². The maximum Gasteiger partial charge on any atom is 0.00674 e. The molecule has 0 spiro atoms. The van der Waals surface area contributed by atoms with Crippen LogP contribution in [0.2, 0.25) is 0 Å². The van der Waals surface area contributed by atoms with E-state index in [1.807, 2.05) is 0 Å². The Hall–Kier alpha value is -5.98. The Morgan fingerprint density at radius 1 is 0.394 bits per heavy atom. The number of allylic oxidation sites excluding steroid dienone is 4. The summed E-state index contributed by atoms with van der Waals surface area (Å²) in [7, 11) is 0. The summed E-state index contributed by atoms with van der Waals surface area (Å²) in [6.07, 6.45) is 6.18. The third kappa shape index (κ3) is 6.53. The van der Waals surface area contributed by atoms with Crippen LogP contribution in [0, 0.1) is 13.8 Å². The molecule has 11 rings (SSSR count). The van der Waals surface area contributed by atoms with Gasteiger partial charge in [0.1, 0.15) is 0 Å². The first-order chi connectivity index (χ1) is 31.1. The largest absolute Gasteiger partial charge is 0.0751 e. The molecule has 0 heteroatoms. The van der Waals surface area contributed by atoms with Gasteiger partial charge < -0.3 is 0 Å². The highest BCUT2D eigenvalue weighted by Gasteiger charge is 2.37. The molecule has 0 amide bonds. The van der Waals surface area contributed by atoms with E-state index in [1.54, 1.807) is 0 Å². The van der Waals surface area contributed by atoms with Crippen LogP contribution >= 0.6 is 0 Å². The Morgan fingerprint density at radius 2 is 0.788 bits per heavy atom. The monoisotopic (exact) mass is 859 g/mol. The lowest BCUT2D eigenvalue weighted by molar-refractivity contribution is 0.568. The summed E-state index contributed by atoms with van der Waals surface area (Å²) in [5.74, 6) is 0.354. The summed E-state index contributed by atoms with van der Waals surface area (Å²) in [6.45, 7) is 33.0. The predicted molar refractivity (Wildman–Crippen MR) is 288 cm³/mol. The molecule has 0 heterocycles. The zero-order chi connectivity index (χ0) is 46.6. The van der Waals surface area contributed by atoms with Crippen LogP contribution in [0.5, 0.6) is 0 Å². The normalized spacial score (nSPS) is 15.7. The molecule has 66 heavy (non-hydrogen) atoms. The predicted octanol–water partition coefficient (Wildman–Crippen LogP) is 18.9. The molecule has 0 saturated carbocycles. The third-order valence-corrected chi connectivity index (χ3v) is 15.5. The van der Waals surface area contributed by atoms with Crippen LogP contribution in [0.3, 0.4) is 0 Å². The van der Waals surface area contributed by atoms with Crippen LogP contribution in [0.15, 0.2) is 127 Å². The molecule has 0 aliphatic heterocycles. The molecule has 1 atom stereocenters. The van der Waals surface area contributed by atoms with Crippen molar-refractivity contribution < 1.29 is 0 Å². The molecule has 330 valence electrons. The molecule has 0 fully saturated rings. The Bertz CT molecular complexity index is 3240. The first kappa shape index (κ1) is 42.6. The van der Waals surface area contributed by atoms with Crippen LogP contribution in [-0.2, 0) is 21.7 Å². The minimum Gasteiger partial charge on any atom is -0.0751 e. The van der Waals surface area contributed by atoms with Gasteiger partial charge in [0, 0.05) is 5.92 Å². The Labute approximate surface area is 394 Å². The van der Waals surface area contributed by atoms with Gasteiger partial charge in [0.05, 0.1) is 0 Å². The van der Waals surface area contributed by atoms with E-state index in [4.69, 9.17) is 0 Å². The van der Waals surface area contributed by atoms with Gasteiger partial charge in [-0.2, -0.15) is 0 Å². The van der Waals surface area contributed by atoms with E-state index < -0.39 is 0 Å². The van der Waals surface area contributed by atoms with E-state index in [9.17, 15) is 0 Å². The fourth-order valence-electron chi connectivity index (χ4n) is 11.8. The zero-order valence-electron chi connectivity index (χ0n) is 41.9. The molecule has 0 N–H and O–H groups in total. The van der Waals surface area contributed by atoms with Crippen LogP contribution in [0.25, 0.3) is 88.0 Å². The van der Waals surface area contributed by atoms with Crippen molar-refractivity contribution in [3.63, 3.8) is 0 Å². The number of rotatable bonds is 3. The fraction of sp³-hybridized carbons (Fsp3) is 0.303. The van der Waals surface area contributed by atoms with Crippen molar-refractivity contribution in [3.05, 3.63) is 177 Å². The quantitative estimate of drug-likeness (QED) is 0.155. The molecule has 0 bridgehead atoms. The Kier molecular flexibility index (Phi) is 9.22. The number of hydrogen-bond donors (Lipinski definition) is 0. The van der Waals surface area contributed by atoms with Gasteiger partial charge in [-0.25, -0.2) is 0 Å². The van der Waals surface area contributed by atoms with Gasteiger partial charge in [-0.1, -0.05) is 198 Å². The molecule has 3 aliphatic carbocycles. The summed E-state index contributed by atoms with van der Waals surface area (Å²) in [6, 6.07) is 45.9. The molecule has 0 radical (unpaired) electrons. The lowest BCUT2D eigenvalue weighted by atomic mass is 9.75. The van der Waals surface area contributed by atoms with Crippen LogP contribution < -0.4 is 0 Å². The summed E-state index contributed by atoms with van der Waals surface area (Å²) in [5.41, 5.74) is 26.0. The van der Waals surface area contributed by atoms with Gasteiger partial charge in [0.2, 0.25) is 0 Å². The maximum absolute atomic E-state index is 2.61. The van der Waals surface area contributed by atoms with E-state index in [0.717, 1.165) is 6.42 Å². The van der Waals surface area contributed by atoms with Crippen molar-refractivity contribution in [2.45, 2.75) is 131 Å². The molecular weight excluding hydrogens is 793 g/mol. The van der Waals surface area contributed by atoms with Gasteiger partial charge in [0.15, 0.2) is 0 Å². The van der Waals surface area contributed by atoms with Crippen molar-refractivity contribution in [2.75, 3.05) is 0 Å². The summed E-state index contributed by atoms with van der Waals surface area (Å²) in [5, 5.41) is 8.02. The maximum atomic E-state index is 2.61. The van der Waals surface area contributed by atoms with Crippen molar-refractivity contribution in [1.82, 2.24) is 0 Å². The van der Waals surface area contributed by atoms with Gasteiger partial charge in [-0.05, 0) is 192 Å². The van der Waals surface area contributed by atoms with Crippen molar-refractivity contribution in [3.8, 4) is 44.5 Å². The van der Waals surface area contributed by atoms with E-state index >= 15 is 0 Å². The van der Waals surface area contributed by atoms with Gasteiger partial charge in [-0.15, -0.1) is 0 Å². The van der Waals surface area contributed by atoms with Crippen LogP contribution in [0.1, 0.15) is 145 Å². The van der Waals surface area contributed by atoms with E-state index in [-0.39, 0.29) is 21.7 Å². The second-order valence-corrected chi connectivity index (χ2v) is 24.3. The standard InChI is InChI=1S/C66H66/c1-37-18-17-19-38(2)56(37)41-22-23-48-49-24-26-51-60-52(27-25-50(59(49)60)53(48)34-41)62-58(43-30-46(65(9,10)11)36-47(31-43)66(12,13)14)55-33-40-21-16-15-20-39(40)32-54(55)57(61(51)62)42-28-44(63(3,4)5)35-45(29-42)64(6,7)8/h15-21,23-36,41H,22H2,1-14H3. The highest BCUT2D eigenvalue weighted by Crippen LogP contribution is 2.62. The Balaban J connectivity index is 1.32. The second-order valence-electron chi connectivity index (χ2n) is 24.3. The molecule has 8 aromatic carbocycles. The van der Waals surface area contributed by atoms with Crippen molar-refractivity contribution in [1.29, 1.82) is 0 Å². The lowest BCUT2D eigenvalue weighted by Crippen LogP contribution is -2.17. The molecule has 8 aromatic rings. The SMILES string of the molecule is Cc1cccc(C)c1C1C=C2C(=CC1)c1ccc3c4c(ccc2c14)-c1c-3c(-c2cc(C(C)(C)C)cc(C(C)(C)C)c2)c2cc3ccccc3cc2c1-c1cc(C(C)(C)C)cc(C(C)(C)C)c1.